The van der Waals surface area contributed by atoms with Crippen molar-refractivity contribution < 1.29 is 30.3 Å². The smallest absolute Gasteiger partial charge is 0.157 e. The van der Waals surface area contributed by atoms with Crippen molar-refractivity contribution in [2.45, 2.75) is 18.6 Å². The van der Waals surface area contributed by atoms with Gasteiger partial charge >= 0.3 is 0 Å². The van der Waals surface area contributed by atoms with E-state index >= 15 is 0 Å². The number of phenols is 4. The average Bonchev–Trinajstić information content (AvgIpc) is 2.42. The van der Waals surface area contributed by atoms with E-state index in [9.17, 15) is 25.5 Å². The molecule has 0 fully saturated rings. The molecule has 0 bridgehead atoms. The second-order valence-corrected chi connectivity index (χ2v) is 5.00. The molecular formula is C15H14O6. The van der Waals surface area contributed by atoms with Gasteiger partial charge in [-0.25, -0.2) is 0 Å². The number of aliphatic hydroxyl groups excluding tert-OH is 1. The molecule has 6 nitrogen and oxygen atoms in total. The van der Waals surface area contributed by atoms with E-state index in [0.717, 1.165) is 0 Å². The van der Waals surface area contributed by atoms with E-state index in [1.54, 1.807) is 0 Å². The molecule has 1 aliphatic rings. The van der Waals surface area contributed by atoms with Gasteiger partial charge in [0.2, 0.25) is 0 Å². The van der Waals surface area contributed by atoms with Crippen LogP contribution in [-0.2, 0) is 6.42 Å². The molecule has 6 heteroatoms. The molecule has 5 N–H and O–H groups in total. The molecule has 21 heavy (non-hydrogen) atoms. The number of ether oxygens (including phenoxy) is 1. The van der Waals surface area contributed by atoms with Crippen molar-refractivity contribution in [1.29, 1.82) is 0 Å². The molecule has 0 spiro atoms. The van der Waals surface area contributed by atoms with Crippen LogP contribution in [0.15, 0.2) is 30.3 Å². The number of fused-ring (bicyclic) bond motifs is 1. The Morgan fingerprint density at radius 2 is 1.67 bits per heavy atom. The fourth-order valence-electron chi connectivity index (χ4n) is 2.47. The van der Waals surface area contributed by atoms with Crippen molar-refractivity contribution in [1.82, 2.24) is 0 Å². The molecule has 1 aliphatic heterocycles. The number of hydrogen-bond donors (Lipinski definition) is 5. The first-order chi connectivity index (χ1) is 9.95. The minimum atomic E-state index is -0.933. The van der Waals surface area contributed by atoms with E-state index in [4.69, 9.17) is 4.74 Å². The van der Waals surface area contributed by atoms with Crippen molar-refractivity contribution in [2.75, 3.05) is 0 Å². The summed E-state index contributed by atoms with van der Waals surface area (Å²) in [7, 11) is 0. The predicted molar refractivity (Wildman–Crippen MR) is 72.6 cm³/mol. The first-order valence-electron chi connectivity index (χ1n) is 6.37. The van der Waals surface area contributed by atoms with Crippen LogP contribution in [0.4, 0.5) is 0 Å². The summed E-state index contributed by atoms with van der Waals surface area (Å²) in [6, 6.07) is 6.67. The second-order valence-electron chi connectivity index (χ2n) is 5.00. The number of phenolic OH excluding ortho intramolecular Hbond substituents is 4. The summed E-state index contributed by atoms with van der Waals surface area (Å²) >= 11 is 0. The van der Waals surface area contributed by atoms with E-state index in [2.05, 4.69) is 0 Å². The van der Waals surface area contributed by atoms with Gasteiger partial charge in [0.15, 0.2) is 11.5 Å². The molecule has 0 saturated carbocycles. The molecule has 0 saturated heterocycles. The van der Waals surface area contributed by atoms with E-state index in [1.807, 2.05) is 0 Å². The first kappa shape index (κ1) is 13.4. The summed E-state index contributed by atoms with van der Waals surface area (Å²) in [6.45, 7) is 0. The molecule has 0 aromatic heterocycles. The Kier molecular flexibility index (Phi) is 3.03. The van der Waals surface area contributed by atoms with Crippen LogP contribution in [0.25, 0.3) is 0 Å². The normalized spacial score (nSPS) is 20.6. The molecule has 0 amide bonds. The van der Waals surface area contributed by atoms with Crippen molar-refractivity contribution >= 4 is 0 Å². The van der Waals surface area contributed by atoms with Crippen LogP contribution in [-0.4, -0.2) is 31.6 Å². The van der Waals surface area contributed by atoms with Crippen LogP contribution < -0.4 is 4.74 Å². The fraction of sp³-hybridized carbons (Fsp3) is 0.200. The topological polar surface area (TPSA) is 110 Å². The Morgan fingerprint density at radius 1 is 0.905 bits per heavy atom. The Morgan fingerprint density at radius 3 is 2.38 bits per heavy atom. The standard InChI is InChI=1S/C15H14O6/c16-8-4-11(18)9-6-13(20)15(21-14(9)5-8)7-1-2-10(17)12(19)3-7/h1-5,13,15-20H,6H2/t13-,15+/m0/s1/i6+1,15+1. The van der Waals surface area contributed by atoms with Crippen LogP contribution in [0.5, 0.6) is 28.7 Å². The lowest BCUT2D eigenvalue weighted by Crippen LogP contribution is -2.30. The van der Waals surface area contributed by atoms with E-state index in [1.165, 1.54) is 30.3 Å². The van der Waals surface area contributed by atoms with E-state index in [0.29, 0.717) is 11.1 Å². The highest BCUT2D eigenvalue weighted by Gasteiger charge is 2.32. The molecule has 2 atom stereocenters. The van der Waals surface area contributed by atoms with Crippen LogP contribution in [0.2, 0.25) is 0 Å². The summed E-state index contributed by atoms with van der Waals surface area (Å²) in [5.41, 5.74) is 0.894. The van der Waals surface area contributed by atoms with Gasteiger partial charge in [0, 0.05) is 24.1 Å². The van der Waals surface area contributed by atoms with Gasteiger partial charge < -0.3 is 30.3 Å². The van der Waals surface area contributed by atoms with Crippen LogP contribution in [0, 0.1) is 0 Å². The Balaban J connectivity index is 2.00. The Hall–Kier alpha value is -2.60. The third-order valence-electron chi connectivity index (χ3n) is 3.51. The van der Waals surface area contributed by atoms with Crippen molar-refractivity contribution in [3.63, 3.8) is 0 Å². The van der Waals surface area contributed by atoms with Gasteiger partial charge in [-0.15, -0.1) is 0 Å². The zero-order valence-corrected chi connectivity index (χ0v) is 10.9. The van der Waals surface area contributed by atoms with Crippen LogP contribution >= 0.6 is 0 Å². The third kappa shape index (κ3) is 2.30. The molecule has 2 aromatic carbocycles. The largest absolute Gasteiger partial charge is 0.508 e. The molecule has 2 aromatic rings. The maximum Gasteiger partial charge on any atom is 0.157 e. The van der Waals surface area contributed by atoms with Gasteiger partial charge in [-0.1, -0.05) is 6.07 Å². The summed E-state index contributed by atoms with van der Waals surface area (Å²) in [4.78, 5) is 0. The maximum absolute atomic E-state index is 10.2. The average molecular weight is 292 g/mol. The lowest BCUT2D eigenvalue weighted by atomic mass is 10.1. The third-order valence-corrected chi connectivity index (χ3v) is 3.51. The molecule has 110 valence electrons. The molecule has 0 unspecified atom stereocenters. The first-order valence-corrected chi connectivity index (χ1v) is 6.37. The quantitative estimate of drug-likeness (QED) is 0.403. The SMILES string of the molecule is Oc1cc(O)c2c(c1)O[13C@H](c1ccc(O)c(O)c1)[C@@H](O)[13CH2]2. The van der Waals surface area contributed by atoms with Crippen molar-refractivity contribution in [3.8, 4) is 28.7 Å². The molecular weight excluding hydrogens is 278 g/mol. The van der Waals surface area contributed by atoms with Gasteiger partial charge in [0.1, 0.15) is 23.4 Å². The highest BCUT2D eigenvalue weighted by molar-refractivity contribution is 5.52. The predicted octanol–water partition coefficient (Wildman–Crippen LogP) is 1.55. The minimum absolute atomic E-state index is 0.143. The summed E-state index contributed by atoms with van der Waals surface area (Å²) in [5, 5.41) is 48.3. The van der Waals surface area contributed by atoms with Gasteiger partial charge in [0.25, 0.3) is 0 Å². The van der Waals surface area contributed by atoms with Gasteiger partial charge in [-0.3, -0.25) is 0 Å². The number of rotatable bonds is 1. The maximum atomic E-state index is 10.2. The molecule has 0 radical (unpaired) electrons. The Labute approximate surface area is 120 Å². The molecule has 3 rings (SSSR count). The number of aliphatic hydroxyl groups is 1. The second kappa shape index (κ2) is 4.75. The number of hydrogen-bond acceptors (Lipinski definition) is 6. The number of aromatic hydroxyl groups is 4. The highest BCUT2D eigenvalue weighted by atomic mass is 16.6. The monoisotopic (exact) mass is 292 g/mol. The van der Waals surface area contributed by atoms with E-state index < -0.39 is 12.2 Å². The lowest BCUT2D eigenvalue weighted by Gasteiger charge is -2.31. The summed E-state index contributed by atoms with van der Waals surface area (Å²) in [6.07, 6.45) is -1.56. The van der Waals surface area contributed by atoms with Crippen LogP contribution in [0.1, 0.15) is 17.2 Å². The van der Waals surface area contributed by atoms with E-state index in [-0.39, 0.29) is 35.2 Å². The minimum Gasteiger partial charge on any atom is -0.508 e. The van der Waals surface area contributed by atoms with Gasteiger partial charge in [-0.2, -0.15) is 0 Å². The lowest BCUT2D eigenvalue weighted by molar-refractivity contribution is 0.0197. The number of benzene rings is 2. The zero-order valence-electron chi connectivity index (χ0n) is 10.9. The highest BCUT2D eigenvalue weighted by Crippen LogP contribution is 2.42. The van der Waals surface area contributed by atoms with Crippen molar-refractivity contribution in [3.05, 3.63) is 41.5 Å². The van der Waals surface area contributed by atoms with Gasteiger partial charge in [0.05, 0.1) is 6.10 Å². The Bertz CT molecular complexity index is 697. The fourth-order valence-corrected chi connectivity index (χ4v) is 2.47. The molecule has 1 heterocycles. The van der Waals surface area contributed by atoms with Gasteiger partial charge in [-0.05, 0) is 17.7 Å². The zero-order chi connectivity index (χ0) is 15.1. The summed E-state index contributed by atoms with van der Waals surface area (Å²) < 4.78 is 5.62. The summed E-state index contributed by atoms with van der Waals surface area (Å²) in [5.74, 6) is -0.589. The van der Waals surface area contributed by atoms with Crippen LogP contribution in [0.3, 0.4) is 0 Å². The van der Waals surface area contributed by atoms with Crippen molar-refractivity contribution in [2.24, 2.45) is 0 Å². The molecule has 0 aliphatic carbocycles.